The molecule has 0 aliphatic carbocycles. The number of rotatable bonds is 7. The molecule has 152 valence electrons. The van der Waals surface area contributed by atoms with Crippen LogP contribution in [0.25, 0.3) is 0 Å². The zero-order valence-electron chi connectivity index (χ0n) is 17.6. The molecule has 1 N–H and O–H groups in total. The lowest BCUT2D eigenvalue weighted by molar-refractivity contribution is -0.0721. The molecule has 1 atom stereocenters. The van der Waals surface area contributed by atoms with Crippen molar-refractivity contribution in [3.05, 3.63) is 0 Å². The van der Waals surface area contributed by atoms with Crippen molar-refractivity contribution in [2.75, 3.05) is 60.5 Å². The Morgan fingerprint density at radius 3 is 2.54 bits per heavy atom. The van der Waals surface area contributed by atoms with Crippen molar-refractivity contribution >= 4 is 5.96 Å². The van der Waals surface area contributed by atoms with Crippen LogP contribution in [0.5, 0.6) is 0 Å². The molecule has 0 aromatic heterocycles. The van der Waals surface area contributed by atoms with Gasteiger partial charge in [0.05, 0.1) is 18.8 Å². The minimum Gasteiger partial charge on any atom is -0.376 e. The zero-order valence-corrected chi connectivity index (χ0v) is 17.6. The number of nitrogens with zero attached hydrogens (tertiary/aromatic N) is 3. The fraction of sp³-hybridized carbons (Fsp3) is 0.950. The molecule has 2 rings (SSSR count). The van der Waals surface area contributed by atoms with E-state index in [9.17, 15) is 0 Å². The van der Waals surface area contributed by atoms with Gasteiger partial charge in [0, 0.05) is 39.8 Å². The van der Waals surface area contributed by atoms with Crippen LogP contribution in [0.3, 0.4) is 0 Å². The van der Waals surface area contributed by atoms with Crippen molar-refractivity contribution in [2.45, 2.75) is 58.2 Å². The van der Waals surface area contributed by atoms with Gasteiger partial charge in [0.1, 0.15) is 0 Å². The molecule has 2 saturated heterocycles. The Bertz CT molecular complexity index is 426. The van der Waals surface area contributed by atoms with Gasteiger partial charge in [-0.1, -0.05) is 13.8 Å². The summed E-state index contributed by atoms with van der Waals surface area (Å²) in [5.41, 5.74) is 0.209. The molecule has 0 amide bonds. The van der Waals surface area contributed by atoms with Gasteiger partial charge in [0.15, 0.2) is 5.96 Å². The summed E-state index contributed by atoms with van der Waals surface area (Å²) in [5, 5.41) is 3.57. The predicted octanol–water partition coefficient (Wildman–Crippen LogP) is 2.20. The molecule has 1 unspecified atom stereocenters. The summed E-state index contributed by atoms with van der Waals surface area (Å²) in [6.07, 6.45) is 6.43. The molecule has 6 heteroatoms. The van der Waals surface area contributed by atoms with Gasteiger partial charge in [0.25, 0.3) is 0 Å². The Hall–Kier alpha value is -0.850. The SMILES string of the molecule is CN=C(NCC(C)(C)CN(C)C)N1CCC(OCC2CCCCO2)CC1. The maximum absolute atomic E-state index is 6.12. The number of hydrogen-bond donors (Lipinski definition) is 1. The molecular weight excluding hydrogens is 328 g/mol. The summed E-state index contributed by atoms with van der Waals surface area (Å²) in [6.45, 7) is 10.2. The second-order valence-corrected chi connectivity index (χ2v) is 8.81. The maximum Gasteiger partial charge on any atom is 0.193 e. The van der Waals surface area contributed by atoms with Gasteiger partial charge in [-0.25, -0.2) is 0 Å². The van der Waals surface area contributed by atoms with Gasteiger partial charge >= 0.3 is 0 Å². The normalized spacial score (nSPS) is 23.5. The van der Waals surface area contributed by atoms with Crippen LogP contribution in [0, 0.1) is 5.41 Å². The van der Waals surface area contributed by atoms with E-state index in [1.807, 2.05) is 7.05 Å². The highest BCUT2D eigenvalue weighted by Gasteiger charge is 2.25. The first-order valence-electron chi connectivity index (χ1n) is 10.2. The van der Waals surface area contributed by atoms with E-state index in [1.165, 1.54) is 12.8 Å². The molecule has 26 heavy (non-hydrogen) atoms. The second-order valence-electron chi connectivity index (χ2n) is 8.81. The van der Waals surface area contributed by atoms with E-state index in [-0.39, 0.29) is 5.41 Å². The Kier molecular flexibility index (Phi) is 8.64. The van der Waals surface area contributed by atoms with Gasteiger partial charge in [-0.05, 0) is 51.6 Å². The van der Waals surface area contributed by atoms with Crippen LogP contribution in [0.15, 0.2) is 4.99 Å². The van der Waals surface area contributed by atoms with Crippen molar-refractivity contribution < 1.29 is 9.47 Å². The van der Waals surface area contributed by atoms with E-state index in [0.717, 1.165) is 64.6 Å². The van der Waals surface area contributed by atoms with Gasteiger partial charge in [-0.3, -0.25) is 4.99 Å². The van der Waals surface area contributed by atoms with Gasteiger partial charge in [-0.2, -0.15) is 0 Å². The van der Waals surface area contributed by atoms with Crippen molar-refractivity contribution in [3.63, 3.8) is 0 Å². The van der Waals surface area contributed by atoms with E-state index in [4.69, 9.17) is 9.47 Å². The Balaban J connectivity index is 1.69. The lowest BCUT2D eigenvalue weighted by Crippen LogP contribution is -2.50. The first-order chi connectivity index (χ1) is 12.4. The monoisotopic (exact) mass is 368 g/mol. The highest BCUT2D eigenvalue weighted by molar-refractivity contribution is 5.80. The van der Waals surface area contributed by atoms with Gasteiger partial charge in [-0.15, -0.1) is 0 Å². The van der Waals surface area contributed by atoms with Crippen molar-refractivity contribution in [1.82, 2.24) is 15.1 Å². The number of aliphatic imine (C=N–C) groups is 1. The van der Waals surface area contributed by atoms with E-state index in [0.29, 0.717) is 12.2 Å². The fourth-order valence-corrected chi connectivity index (χ4v) is 3.98. The average Bonchev–Trinajstić information content (AvgIpc) is 2.61. The van der Waals surface area contributed by atoms with Crippen molar-refractivity contribution in [3.8, 4) is 0 Å². The number of nitrogens with one attached hydrogen (secondary N) is 1. The first-order valence-corrected chi connectivity index (χ1v) is 10.2. The fourth-order valence-electron chi connectivity index (χ4n) is 3.98. The molecule has 0 aromatic rings. The standard InChI is InChI=1S/C20H40N4O2/c1-20(2,16-23(4)5)15-22-19(21-3)24-11-9-17(10-12-24)26-14-18-8-6-7-13-25-18/h17-18H,6-16H2,1-5H3,(H,21,22). The van der Waals surface area contributed by atoms with E-state index < -0.39 is 0 Å². The molecule has 0 saturated carbocycles. The van der Waals surface area contributed by atoms with Crippen LogP contribution in [0.2, 0.25) is 0 Å². The van der Waals surface area contributed by atoms with Gasteiger partial charge in [0.2, 0.25) is 0 Å². The minimum absolute atomic E-state index is 0.209. The third kappa shape index (κ3) is 7.41. The Morgan fingerprint density at radius 2 is 1.96 bits per heavy atom. The lowest BCUT2D eigenvalue weighted by atomic mass is 9.93. The molecule has 0 radical (unpaired) electrons. The summed E-state index contributed by atoms with van der Waals surface area (Å²) in [6, 6.07) is 0. The highest BCUT2D eigenvalue weighted by atomic mass is 16.5. The zero-order chi connectivity index (χ0) is 19.0. The topological polar surface area (TPSA) is 49.3 Å². The smallest absolute Gasteiger partial charge is 0.193 e. The number of likely N-dealkylation sites (tertiary alicyclic amines) is 1. The minimum atomic E-state index is 0.209. The molecule has 2 aliphatic rings. The van der Waals surface area contributed by atoms with E-state index in [1.54, 1.807) is 0 Å². The molecular formula is C20H40N4O2. The van der Waals surface area contributed by atoms with Crippen molar-refractivity contribution in [1.29, 1.82) is 0 Å². The average molecular weight is 369 g/mol. The van der Waals surface area contributed by atoms with E-state index in [2.05, 4.69) is 48.1 Å². The highest BCUT2D eigenvalue weighted by Crippen LogP contribution is 2.19. The summed E-state index contributed by atoms with van der Waals surface area (Å²) in [5.74, 6) is 1.02. The van der Waals surface area contributed by atoms with Crippen LogP contribution in [-0.2, 0) is 9.47 Å². The first kappa shape index (κ1) is 21.5. The Labute approximate surface area is 160 Å². The molecule has 0 bridgehead atoms. The molecule has 0 aromatic carbocycles. The molecule has 2 heterocycles. The quantitative estimate of drug-likeness (QED) is 0.551. The summed E-state index contributed by atoms with van der Waals surface area (Å²) in [7, 11) is 6.13. The van der Waals surface area contributed by atoms with Crippen LogP contribution in [-0.4, -0.2) is 88.5 Å². The molecule has 2 aliphatic heterocycles. The Morgan fingerprint density at radius 1 is 1.23 bits per heavy atom. The largest absolute Gasteiger partial charge is 0.376 e. The number of hydrogen-bond acceptors (Lipinski definition) is 4. The van der Waals surface area contributed by atoms with E-state index >= 15 is 0 Å². The molecule has 0 spiro atoms. The summed E-state index contributed by atoms with van der Waals surface area (Å²) >= 11 is 0. The second kappa shape index (κ2) is 10.5. The van der Waals surface area contributed by atoms with Crippen LogP contribution < -0.4 is 5.32 Å². The number of ether oxygens (including phenoxy) is 2. The summed E-state index contributed by atoms with van der Waals surface area (Å²) < 4.78 is 11.9. The van der Waals surface area contributed by atoms with Crippen LogP contribution >= 0.6 is 0 Å². The molecule has 2 fully saturated rings. The third-order valence-corrected chi connectivity index (χ3v) is 5.21. The van der Waals surface area contributed by atoms with Crippen molar-refractivity contribution in [2.24, 2.45) is 10.4 Å². The molecule has 6 nitrogen and oxygen atoms in total. The lowest BCUT2D eigenvalue weighted by Gasteiger charge is -2.36. The predicted molar refractivity (Wildman–Crippen MR) is 108 cm³/mol. The number of piperidine rings is 1. The third-order valence-electron chi connectivity index (χ3n) is 5.21. The van der Waals surface area contributed by atoms with Crippen LogP contribution in [0.4, 0.5) is 0 Å². The van der Waals surface area contributed by atoms with Gasteiger partial charge < -0.3 is 24.6 Å². The number of guanidine groups is 1. The summed E-state index contributed by atoms with van der Waals surface area (Å²) in [4.78, 5) is 9.10. The van der Waals surface area contributed by atoms with Crippen LogP contribution in [0.1, 0.15) is 46.0 Å². The maximum atomic E-state index is 6.12.